The van der Waals surface area contributed by atoms with Crippen LogP contribution in [0.2, 0.25) is 0 Å². The number of hydrogen-bond donors (Lipinski definition) is 1. The van der Waals surface area contributed by atoms with Gasteiger partial charge in [-0.1, -0.05) is 41.5 Å². The molecule has 0 aromatic carbocycles. The van der Waals surface area contributed by atoms with Gasteiger partial charge in [-0.25, -0.2) is 42.8 Å². The molecule has 316 valence electrons. The van der Waals surface area contributed by atoms with E-state index in [9.17, 15) is 23.5 Å². The largest absolute Gasteiger partial charge is 0.390 e. The van der Waals surface area contributed by atoms with Gasteiger partial charge in [0.15, 0.2) is 53.6 Å². The fourth-order valence-electron chi connectivity index (χ4n) is 6.12. The number of ether oxygens (including phenoxy) is 2. The number of rotatable bonds is 8. The van der Waals surface area contributed by atoms with E-state index in [0.29, 0.717) is 22.8 Å². The molecule has 3 fully saturated rings. The highest BCUT2D eigenvalue weighted by atomic mass is 32.7. The quantitative estimate of drug-likeness (QED) is 0.263. The lowest BCUT2D eigenvalue weighted by Gasteiger charge is -2.30. The first-order chi connectivity index (χ1) is 27.2. The topological polar surface area (TPSA) is 241 Å². The van der Waals surface area contributed by atoms with Crippen LogP contribution in [0.15, 0.2) is 24.0 Å². The maximum atomic E-state index is 16.8. The number of carbonyl (C=O) groups is 3. The molecule has 19 nitrogen and oxygen atoms in total. The molecular formula is C33H42F2N8O11P2S2. The summed E-state index contributed by atoms with van der Waals surface area (Å²) < 4.78 is 101. The third kappa shape index (κ3) is 8.62. The number of anilines is 1. The van der Waals surface area contributed by atoms with Gasteiger partial charge in [-0.2, -0.15) is 0 Å². The molecule has 4 aliphatic rings. The van der Waals surface area contributed by atoms with Gasteiger partial charge in [-0.05, 0) is 22.8 Å². The van der Waals surface area contributed by atoms with Crippen molar-refractivity contribution in [1.82, 2.24) is 29.1 Å². The van der Waals surface area contributed by atoms with Crippen LogP contribution < -0.4 is 5.73 Å². The Morgan fingerprint density at radius 3 is 1.88 bits per heavy atom. The average Bonchev–Trinajstić information content (AvgIpc) is 3.92. The van der Waals surface area contributed by atoms with Gasteiger partial charge in [0.1, 0.15) is 47.8 Å². The van der Waals surface area contributed by atoms with Crippen molar-refractivity contribution in [3.63, 3.8) is 0 Å². The van der Waals surface area contributed by atoms with Crippen molar-refractivity contribution in [1.29, 1.82) is 0 Å². The second kappa shape index (κ2) is 16.1. The molecule has 0 radical (unpaired) electrons. The molecule has 2 N–H and O–H groups in total. The van der Waals surface area contributed by atoms with Crippen molar-refractivity contribution in [3.8, 4) is 0 Å². The van der Waals surface area contributed by atoms with Crippen molar-refractivity contribution in [3.05, 3.63) is 24.7 Å². The zero-order chi connectivity index (χ0) is 41.9. The van der Waals surface area contributed by atoms with Crippen molar-refractivity contribution < 1.29 is 59.9 Å². The third-order valence-electron chi connectivity index (χ3n) is 9.67. The van der Waals surface area contributed by atoms with Crippen LogP contribution in [0.1, 0.15) is 70.9 Å². The molecule has 10 atom stereocenters. The number of Topliss-reactive ketones (excluding diaryl/α,β-unsaturated/α-hetero) is 3. The zero-order valence-corrected chi connectivity index (χ0v) is 35.6. The second-order valence-corrected chi connectivity index (χ2v) is 23.9. The van der Waals surface area contributed by atoms with Crippen molar-refractivity contribution >= 4 is 82.7 Å². The van der Waals surface area contributed by atoms with Gasteiger partial charge < -0.3 is 15.2 Å². The first-order valence-corrected chi connectivity index (χ1v) is 24.3. The monoisotopic (exact) mass is 890 g/mol. The average molecular weight is 891 g/mol. The van der Waals surface area contributed by atoms with Crippen LogP contribution in [0.5, 0.6) is 0 Å². The highest BCUT2D eigenvalue weighted by Crippen LogP contribution is 2.66. The first kappa shape index (κ1) is 43.1. The molecule has 0 bridgehead atoms. The number of nitrogen functional groups attached to an aromatic ring is 1. The molecule has 3 aromatic heterocycles. The highest BCUT2D eigenvalue weighted by molar-refractivity contribution is 8.55. The first-order valence-electron chi connectivity index (χ1n) is 18.0. The molecule has 3 saturated heterocycles. The minimum absolute atomic E-state index is 0.00491. The van der Waals surface area contributed by atoms with E-state index in [4.69, 9.17) is 33.3 Å². The predicted octanol–water partition coefficient (Wildman–Crippen LogP) is 5.80. The fourth-order valence-corrected chi connectivity index (χ4v) is 13.1. The predicted molar refractivity (Wildman–Crippen MR) is 207 cm³/mol. The van der Waals surface area contributed by atoms with Gasteiger partial charge in [-0.3, -0.25) is 41.6 Å². The number of hydrogen-bond acceptors (Lipinski definition) is 19. The lowest BCUT2D eigenvalue weighted by atomic mass is 9.92. The molecule has 4 aliphatic heterocycles. The molecule has 7 heterocycles. The van der Waals surface area contributed by atoms with Crippen LogP contribution in [-0.2, 0) is 46.3 Å². The minimum Gasteiger partial charge on any atom is -0.382 e. The van der Waals surface area contributed by atoms with Gasteiger partial charge in [0.2, 0.25) is 0 Å². The van der Waals surface area contributed by atoms with E-state index in [-0.39, 0.29) is 58.0 Å². The van der Waals surface area contributed by atoms with E-state index in [0.717, 1.165) is 12.7 Å². The Hall–Kier alpha value is -2.98. The second-order valence-electron chi connectivity index (χ2n) is 15.9. The van der Waals surface area contributed by atoms with E-state index in [1.54, 1.807) is 41.5 Å². The van der Waals surface area contributed by atoms with Crippen LogP contribution in [0.4, 0.5) is 20.4 Å². The molecule has 0 spiro atoms. The summed E-state index contributed by atoms with van der Waals surface area (Å²) in [6.07, 6.45) is -9.19. The van der Waals surface area contributed by atoms with Crippen molar-refractivity contribution in [2.24, 2.45) is 15.8 Å². The number of aliphatic imine (C=N–C) groups is 1. The minimum atomic E-state index is -4.62. The Bertz CT molecular complexity index is 2230. The lowest BCUT2D eigenvalue weighted by Crippen LogP contribution is -2.37. The lowest BCUT2D eigenvalue weighted by molar-refractivity contribution is -0.124. The van der Waals surface area contributed by atoms with Gasteiger partial charge in [0, 0.05) is 23.5 Å². The van der Waals surface area contributed by atoms with Crippen molar-refractivity contribution in [2.75, 3.05) is 30.5 Å². The smallest absolute Gasteiger partial charge is 0.382 e. The maximum Gasteiger partial charge on any atom is 0.390 e. The number of carbonyl (C=O) groups excluding carboxylic acids is 3. The molecule has 3 aromatic rings. The zero-order valence-electron chi connectivity index (χ0n) is 32.1. The Morgan fingerprint density at radius 2 is 1.34 bits per heavy atom. The van der Waals surface area contributed by atoms with Crippen molar-refractivity contribution in [2.45, 2.75) is 97.2 Å². The van der Waals surface area contributed by atoms with E-state index in [2.05, 4.69) is 24.9 Å². The number of nitrogens with two attached hydrogens (primary N) is 1. The number of fused-ring (bicyclic) bond motifs is 4. The van der Waals surface area contributed by atoms with Crippen LogP contribution in [0.3, 0.4) is 0 Å². The Balaban J connectivity index is 1.26. The number of alkyl halides is 2. The summed E-state index contributed by atoms with van der Waals surface area (Å²) >= 11 is 0.976. The number of halogens is 2. The molecule has 7 rings (SSSR count). The Kier molecular flexibility index (Phi) is 12.0. The van der Waals surface area contributed by atoms with E-state index < -0.39 is 92.6 Å². The molecule has 58 heavy (non-hydrogen) atoms. The van der Waals surface area contributed by atoms with E-state index in [1.807, 2.05) is 0 Å². The van der Waals surface area contributed by atoms with E-state index >= 15 is 8.78 Å². The summed E-state index contributed by atoms with van der Waals surface area (Å²) in [7, 11) is 0. The standard InChI is InChI=1S/C33H42F2N8O11P2S2/c1-32(2,3)19(45)11-57-55(47)50-10-18-26(22(35)31(52-18)43-15-41-24-27(36)38-13-39-29(24)43)54-56(48,58-12-20(46)33(4,5)6)49-9-17-25(53-55)21(34)30(51-17)42-14-40-23-16(44)7-8-37-28(23)42/h8,13-15,17-18,21-22,25-26,30-31H,7,9-12H2,1-6H3,(H2,36,38,39)/t17-,18-,21-,22-,25-,26-,30-,31-,55?,56?/m1/s1. The van der Waals surface area contributed by atoms with Gasteiger partial charge in [-0.15, -0.1) is 0 Å². The van der Waals surface area contributed by atoms with E-state index in [1.165, 1.54) is 21.7 Å². The summed E-state index contributed by atoms with van der Waals surface area (Å²) in [5.74, 6) is -1.80. The highest BCUT2D eigenvalue weighted by Gasteiger charge is 2.56. The fraction of sp³-hybridized carbons (Fsp3) is 0.636. The summed E-state index contributed by atoms with van der Waals surface area (Å²) in [4.78, 5) is 59.2. The molecule has 25 heteroatoms. The van der Waals surface area contributed by atoms with Crippen LogP contribution >= 0.6 is 36.4 Å². The third-order valence-corrected chi connectivity index (χ3v) is 16.8. The summed E-state index contributed by atoms with van der Waals surface area (Å²) in [6.45, 7) is -0.801. The molecular weight excluding hydrogens is 848 g/mol. The van der Waals surface area contributed by atoms with Crippen LogP contribution in [0, 0.1) is 10.8 Å². The molecule has 0 aliphatic carbocycles. The number of imidazole rings is 2. The summed E-state index contributed by atoms with van der Waals surface area (Å²) in [5, 5.41) is 0. The van der Waals surface area contributed by atoms with Crippen LogP contribution in [-0.4, -0.2) is 114 Å². The number of nitrogens with zero attached hydrogens (tertiary/aromatic N) is 7. The summed E-state index contributed by atoms with van der Waals surface area (Å²) in [6, 6.07) is 0. The number of aromatic nitrogens is 6. The Labute approximate surface area is 338 Å². The molecule has 0 amide bonds. The maximum absolute atomic E-state index is 16.8. The normalized spacial score (nSPS) is 33.3. The SMILES string of the molecule is CC(C)(C)C(=O)CSP1(=O)OC[C@H]2O[C@@H](n3cnc4c(N)ncnc43)[C@H](F)[C@@H]2OP(=O)(SCC(=O)C(C)(C)C)OC[C@H]2O[C@@H](n3cnc4c3N=CCC4=O)[C@H](F)[C@@H]2O1. The summed E-state index contributed by atoms with van der Waals surface area (Å²) in [5.41, 5.74) is 4.44. The van der Waals surface area contributed by atoms with Gasteiger partial charge in [0.25, 0.3) is 0 Å². The van der Waals surface area contributed by atoms with Gasteiger partial charge in [0.05, 0.1) is 37.4 Å². The van der Waals surface area contributed by atoms with Crippen LogP contribution in [0.25, 0.3) is 11.2 Å². The van der Waals surface area contributed by atoms with Gasteiger partial charge >= 0.3 is 13.6 Å². The molecule has 2 unspecified atom stereocenters. The Morgan fingerprint density at radius 1 is 0.828 bits per heavy atom. The molecule has 0 saturated carbocycles. The number of ketones is 3.